The van der Waals surface area contributed by atoms with Crippen molar-refractivity contribution in [2.24, 2.45) is 5.92 Å². The van der Waals surface area contributed by atoms with Crippen molar-refractivity contribution in [3.8, 4) is 17.3 Å². The molecule has 1 aliphatic rings. The molecule has 0 atom stereocenters. The van der Waals surface area contributed by atoms with Gasteiger partial charge in [-0.1, -0.05) is 11.3 Å². The lowest BCUT2D eigenvalue weighted by atomic mass is 10.3. The van der Waals surface area contributed by atoms with Crippen molar-refractivity contribution in [3.63, 3.8) is 0 Å². The standard InChI is InChI=1S/C16H14N6O3S/c23-6-9-3-4-11(25-9)10-5-17-7-22(10)14-12-13(20-21-14)18-16(26-12)19-15(24)8-1-2-8/h3-5,7-8,23H,1-2,6H2,(H2,18,19,20,21,24). The van der Waals surface area contributed by atoms with Gasteiger partial charge in [-0.05, 0) is 25.0 Å². The monoisotopic (exact) mass is 370 g/mol. The molecular weight excluding hydrogens is 356 g/mol. The Bertz CT molecular complexity index is 1100. The molecule has 0 aliphatic heterocycles. The van der Waals surface area contributed by atoms with Crippen molar-refractivity contribution in [1.29, 1.82) is 0 Å². The second-order valence-electron chi connectivity index (χ2n) is 6.08. The highest BCUT2D eigenvalue weighted by Crippen LogP contribution is 2.34. The summed E-state index contributed by atoms with van der Waals surface area (Å²) in [5.41, 5.74) is 1.31. The van der Waals surface area contributed by atoms with E-state index in [0.717, 1.165) is 17.5 Å². The molecule has 9 nitrogen and oxygen atoms in total. The van der Waals surface area contributed by atoms with Crippen molar-refractivity contribution in [2.45, 2.75) is 19.4 Å². The number of hydrogen-bond donors (Lipinski definition) is 3. The smallest absolute Gasteiger partial charge is 0.229 e. The minimum absolute atomic E-state index is 0.0198. The number of aliphatic hydroxyl groups excluding tert-OH is 1. The lowest BCUT2D eigenvalue weighted by Crippen LogP contribution is -2.12. The number of aromatic nitrogens is 5. The van der Waals surface area contributed by atoms with Gasteiger partial charge in [-0.2, -0.15) is 5.10 Å². The third kappa shape index (κ3) is 2.50. The summed E-state index contributed by atoms with van der Waals surface area (Å²) in [5.74, 6) is 1.82. The van der Waals surface area contributed by atoms with Crippen LogP contribution in [0.1, 0.15) is 18.6 Å². The summed E-state index contributed by atoms with van der Waals surface area (Å²) in [6.45, 7) is -0.167. The average Bonchev–Trinajstić information content (AvgIpc) is 3.00. The number of thiazole rings is 1. The van der Waals surface area contributed by atoms with Crippen LogP contribution in [0, 0.1) is 5.92 Å². The third-order valence-corrected chi connectivity index (χ3v) is 5.18. The lowest BCUT2D eigenvalue weighted by Gasteiger charge is -2.02. The zero-order valence-electron chi connectivity index (χ0n) is 13.5. The van der Waals surface area contributed by atoms with E-state index in [4.69, 9.17) is 4.42 Å². The van der Waals surface area contributed by atoms with Gasteiger partial charge in [0, 0.05) is 5.92 Å². The molecule has 0 spiro atoms. The van der Waals surface area contributed by atoms with Gasteiger partial charge in [-0.15, -0.1) is 0 Å². The Hall–Kier alpha value is -2.98. The van der Waals surface area contributed by atoms with Crippen LogP contribution in [0.4, 0.5) is 5.13 Å². The molecule has 1 fully saturated rings. The SMILES string of the molecule is O=C(Nc1nc2[nH]nc(-n3cncc3-c3ccc(CO)o3)c2s1)C1CC1. The van der Waals surface area contributed by atoms with Crippen LogP contribution in [-0.2, 0) is 11.4 Å². The molecule has 4 aromatic rings. The fraction of sp³-hybridized carbons (Fsp3) is 0.250. The second kappa shape index (κ2) is 5.78. The maximum Gasteiger partial charge on any atom is 0.229 e. The van der Waals surface area contributed by atoms with Gasteiger partial charge in [0.1, 0.15) is 29.1 Å². The summed E-state index contributed by atoms with van der Waals surface area (Å²) in [4.78, 5) is 20.5. The maximum atomic E-state index is 11.9. The molecule has 1 saturated carbocycles. The summed E-state index contributed by atoms with van der Waals surface area (Å²) >= 11 is 1.36. The zero-order chi connectivity index (χ0) is 17.7. The number of carbonyl (C=O) groups excluding carboxylic acids is 1. The van der Waals surface area contributed by atoms with E-state index in [1.807, 2.05) is 0 Å². The molecular formula is C16H14N6O3S. The molecule has 4 aromatic heterocycles. The Morgan fingerprint density at radius 2 is 2.35 bits per heavy atom. The van der Waals surface area contributed by atoms with Gasteiger partial charge >= 0.3 is 0 Å². The van der Waals surface area contributed by atoms with Crippen LogP contribution in [0.3, 0.4) is 0 Å². The quantitative estimate of drug-likeness (QED) is 0.495. The Morgan fingerprint density at radius 1 is 1.46 bits per heavy atom. The van der Waals surface area contributed by atoms with Crippen molar-refractivity contribution in [2.75, 3.05) is 5.32 Å². The predicted octanol–water partition coefficient (Wildman–Crippen LogP) is 2.31. The Kier molecular flexibility index (Phi) is 3.40. The highest BCUT2D eigenvalue weighted by Gasteiger charge is 2.30. The molecule has 0 bridgehead atoms. The Labute approximate surface area is 150 Å². The number of nitrogens with zero attached hydrogens (tertiary/aromatic N) is 4. The molecule has 0 radical (unpaired) electrons. The molecule has 1 amide bonds. The normalized spacial score (nSPS) is 14.2. The van der Waals surface area contributed by atoms with Gasteiger partial charge in [0.2, 0.25) is 5.91 Å². The minimum Gasteiger partial charge on any atom is -0.457 e. The van der Waals surface area contributed by atoms with Crippen LogP contribution in [0.15, 0.2) is 29.1 Å². The van der Waals surface area contributed by atoms with Crippen LogP contribution in [0.5, 0.6) is 0 Å². The first-order chi connectivity index (χ1) is 12.7. The van der Waals surface area contributed by atoms with E-state index < -0.39 is 0 Å². The number of furan rings is 1. The molecule has 5 rings (SSSR count). The number of aromatic amines is 1. The van der Waals surface area contributed by atoms with E-state index in [2.05, 4.69) is 25.5 Å². The van der Waals surface area contributed by atoms with Crippen LogP contribution in [-0.4, -0.2) is 35.7 Å². The first-order valence-electron chi connectivity index (χ1n) is 8.11. The molecule has 3 N–H and O–H groups in total. The van der Waals surface area contributed by atoms with Crippen LogP contribution in [0.2, 0.25) is 0 Å². The number of aliphatic hydroxyl groups is 1. The topological polar surface area (TPSA) is 122 Å². The third-order valence-electron chi connectivity index (χ3n) is 4.21. The van der Waals surface area contributed by atoms with E-state index in [-0.39, 0.29) is 18.4 Å². The fourth-order valence-electron chi connectivity index (χ4n) is 2.72. The first-order valence-corrected chi connectivity index (χ1v) is 8.93. The zero-order valence-corrected chi connectivity index (χ0v) is 14.3. The number of nitrogens with one attached hydrogen (secondary N) is 2. The highest BCUT2D eigenvalue weighted by atomic mass is 32.1. The summed E-state index contributed by atoms with van der Waals surface area (Å²) in [6.07, 6.45) is 5.18. The average molecular weight is 370 g/mol. The second-order valence-corrected chi connectivity index (χ2v) is 7.08. The van der Waals surface area contributed by atoms with Gasteiger partial charge in [-0.25, -0.2) is 9.97 Å². The van der Waals surface area contributed by atoms with Crippen molar-refractivity contribution < 1.29 is 14.3 Å². The molecule has 26 heavy (non-hydrogen) atoms. The number of rotatable bonds is 5. The summed E-state index contributed by atoms with van der Waals surface area (Å²) in [6, 6.07) is 3.49. The number of fused-ring (bicyclic) bond motifs is 1. The molecule has 10 heteroatoms. The van der Waals surface area contributed by atoms with Gasteiger partial charge < -0.3 is 14.8 Å². The van der Waals surface area contributed by atoms with E-state index in [0.29, 0.717) is 33.8 Å². The van der Waals surface area contributed by atoms with Crippen LogP contribution in [0.25, 0.3) is 27.6 Å². The largest absolute Gasteiger partial charge is 0.457 e. The number of hydrogen-bond acceptors (Lipinski definition) is 7. The van der Waals surface area contributed by atoms with Gasteiger partial charge in [0.15, 0.2) is 22.4 Å². The summed E-state index contributed by atoms with van der Waals surface area (Å²) in [7, 11) is 0. The van der Waals surface area contributed by atoms with Crippen LogP contribution < -0.4 is 5.32 Å². The number of imidazole rings is 1. The molecule has 0 aromatic carbocycles. The summed E-state index contributed by atoms with van der Waals surface area (Å²) < 4.78 is 8.19. The number of H-pyrrole nitrogens is 1. The molecule has 0 unspecified atom stereocenters. The lowest BCUT2D eigenvalue weighted by molar-refractivity contribution is -0.117. The molecule has 0 saturated heterocycles. The van der Waals surface area contributed by atoms with E-state index in [1.54, 1.807) is 29.2 Å². The fourth-order valence-corrected chi connectivity index (χ4v) is 3.63. The number of amides is 1. The van der Waals surface area contributed by atoms with Gasteiger partial charge in [-0.3, -0.25) is 14.5 Å². The maximum absolute atomic E-state index is 11.9. The first kappa shape index (κ1) is 15.3. The van der Waals surface area contributed by atoms with E-state index in [1.165, 1.54) is 11.3 Å². The highest BCUT2D eigenvalue weighted by molar-refractivity contribution is 7.22. The van der Waals surface area contributed by atoms with Crippen molar-refractivity contribution in [1.82, 2.24) is 24.7 Å². The van der Waals surface area contributed by atoms with Crippen LogP contribution >= 0.6 is 11.3 Å². The van der Waals surface area contributed by atoms with E-state index in [9.17, 15) is 9.90 Å². The van der Waals surface area contributed by atoms with Crippen molar-refractivity contribution >= 4 is 32.7 Å². The molecule has 4 heterocycles. The summed E-state index contributed by atoms with van der Waals surface area (Å²) in [5, 5.41) is 19.8. The van der Waals surface area contributed by atoms with Gasteiger partial charge in [0.25, 0.3) is 0 Å². The van der Waals surface area contributed by atoms with Gasteiger partial charge in [0.05, 0.1) is 6.20 Å². The predicted molar refractivity (Wildman–Crippen MR) is 93.9 cm³/mol. The number of anilines is 1. The Morgan fingerprint density at radius 3 is 3.12 bits per heavy atom. The minimum atomic E-state index is -0.167. The van der Waals surface area contributed by atoms with Crippen molar-refractivity contribution in [3.05, 3.63) is 30.4 Å². The molecule has 132 valence electrons. The molecule has 1 aliphatic carbocycles. The van der Waals surface area contributed by atoms with E-state index >= 15 is 0 Å². The number of carbonyl (C=O) groups is 1. The Balaban J connectivity index is 1.52.